The molecular formula is C17H11Cl3N2O2. The molecular weight excluding hydrogens is 371 g/mol. The summed E-state index contributed by atoms with van der Waals surface area (Å²) >= 11 is 17.9. The summed E-state index contributed by atoms with van der Waals surface area (Å²) in [6.45, 7) is 0.0327. The molecule has 7 heteroatoms. The van der Waals surface area contributed by atoms with Crippen molar-refractivity contribution in [2.75, 3.05) is 5.32 Å². The van der Waals surface area contributed by atoms with E-state index in [0.29, 0.717) is 26.3 Å². The van der Waals surface area contributed by atoms with Crippen molar-refractivity contribution >= 4 is 63.6 Å². The Morgan fingerprint density at radius 2 is 1.79 bits per heavy atom. The first kappa shape index (κ1) is 16.8. The first-order valence-corrected chi connectivity index (χ1v) is 8.10. The predicted molar refractivity (Wildman–Crippen MR) is 97.4 cm³/mol. The zero-order valence-electron chi connectivity index (χ0n) is 12.2. The van der Waals surface area contributed by atoms with Gasteiger partial charge < -0.3 is 9.88 Å². The molecule has 122 valence electrons. The average molecular weight is 382 g/mol. The second-order valence-electron chi connectivity index (χ2n) is 5.14. The van der Waals surface area contributed by atoms with E-state index >= 15 is 0 Å². The van der Waals surface area contributed by atoms with E-state index in [1.807, 2.05) is 24.3 Å². The number of benzene rings is 2. The highest BCUT2D eigenvalue weighted by Crippen LogP contribution is 2.32. The van der Waals surface area contributed by atoms with Gasteiger partial charge in [0.05, 0.1) is 20.8 Å². The fourth-order valence-electron chi connectivity index (χ4n) is 2.46. The molecule has 1 aromatic heterocycles. The maximum Gasteiger partial charge on any atom is 0.244 e. The zero-order valence-corrected chi connectivity index (χ0v) is 14.5. The van der Waals surface area contributed by atoms with Crippen LogP contribution < -0.4 is 5.32 Å². The molecule has 3 aromatic rings. The Bertz CT molecular complexity index is 950. The van der Waals surface area contributed by atoms with Gasteiger partial charge in [0.25, 0.3) is 0 Å². The van der Waals surface area contributed by atoms with Crippen molar-refractivity contribution in [3.05, 3.63) is 63.2 Å². The van der Waals surface area contributed by atoms with Crippen molar-refractivity contribution in [2.24, 2.45) is 0 Å². The van der Waals surface area contributed by atoms with Gasteiger partial charge in [-0.15, -0.1) is 0 Å². The van der Waals surface area contributed by atoms with Crippen LogP contribution >= 0.6 is 34.8 Å². The van der Waals surface area contributed by atoms with E-state index in [4.69, 9.17) is 34.8 Å². The van der Waals surface area contributed by atoms with Gasteiger partial charge in [0.1, 0.15) is 6.54 Å². The summed E-state index contributed by atoms with van der Waals surface area (Å²) in [4.78, 5) is 23.5. The lowest BCUT2D eigenvalue weighted by atomic mass is 10.2. The molecule has 0 spiro atoms. The van der Waals surface area contributed by atoms with E-state index in [2.05, 4.69) is 5.32 Å². The van der Waals surface area contributed by atoms with Crippen LogP contribution in [0.1, 0.15) is 10.4 Å². The molecule has 0 unspecified atom stereocenters. The highest BCUT2D eigenvalue weighted by atomic mass is 35.5. The Morgan fingerprint density at radius 1 is 1.08 bits per heavy atom. The summed E-state index contributed by atoms with van der Waals surface area (Å²) in [6, 6.07) is 10.3. The lowest BCUT2D eigenvalue weighted by Gasteiger charge is -2.10. The Labute approximate surface area is 152 Å². The van der Waals surface area contributed by atoms with Crippen LogP contribution in [0.15, 0.2) is 42.6 Å². The highest BCUT2D eigenvalue weighted by Gasteiger charge is 2.13. The number of aldehydes is 1. The first-order chi connectivity index (χ1) is 11.5. The van der Waals surface area contributed by atoms with Crippen molar-refractivity contribution in [1.82, 2.24) is 4.57 Å². The molecule has 1 heterocycles. The van der Waals surface area contributed by atoms with Gasteiger partial charge in [0, 0.05) is 22.7 Å². The van der Waals surface area contributed by atoms with Crippen LogP contribution in [0.2, 0.25) is 15.1 Å². The summed E-state index contributed by atoms with van der Waals surface area (Å²) in [5.41, 5.74) is 1.71. The molecule has 0 aliphatic carbocycles. The number of amides is 1. The third-order valence-corrected chi connectivity index (χ3v) is 4.58. The standard InChI is InChI=1S/C17H11Cl3N2O2/c18-12-5-14(20)15(6-13(12)19)21-17(24)8-22-7-10(9-23)11-3-1-2-4-16(11)22/h1-7,9H,8H2,(H,21,24). The smallest absolute Gasteiger partial charge is 0.244 e. The monoisotopic (exact) mass is 380 g/mol. The van der Waals surface area contributed by atoms with E-state index in [9.17, 15) is 9.59 Å². The lowest BCUT2D eigenvalue weighted by Crippen LogP contribution is -2.18. The summed E-state index contributed by atoms with van der Waals surface area (Å²) in [6.07, 6.45) is 2.42. The van der Waals surface area contributed by atoms with E-state index in [1.54, 1.807) is 10.8 Å². The number of nitrogens with zero attached hydrogens (tertiary/aromatic N) is 1. The number of carbonyl (C=O) groups excluding carboxylic acids is 2. The summed E-state index contributed by atoms with van der Waals surface area (Å²) in [5, 5.41) is 4.40. The van der Waals surface area contributed by atoms with Crippen molar-refractivity contribution in [1.29, 1.82) is 0 Å². The van der Waals surface area contributed by atoms with Crippen LogP contribution in [-0.2, 0) is 11.3 Å². The van der Waals surface area contributed by atoms with Crippen molar-refractivity contribution in [3.63, 3.8) is 0 Å². The molecule has 0 fully saturated rings. The van der Waals surface area contributed by atoms with Gasteiger partial charge in [-0.1, -0.05) is 53.0 Å². The number of hydrogen-bond donors (Lipinski definition) is 1. The third-order valence-electron chi connectivity index (χ3n) is 3.54. The number of fused-ring (bicyclic) bond motifs is 1. The topological polar surface area (TPSA) is 51.1 Å². The molecule has 0 saturated carbocycles. The summed E-state index contributed by atoms with van der Waals surface area (Å²) in [7, 11) is 0. The predicted octanol–water partition coefficient (Wildman–Crippen LogP) is 5.05. The normalized spacial score (nSPS) is 10.8. The number of hydrogen-bond acceptors (Lipinski definition) is 2. The van der Waals surface area contributed by atoms with Crippen molar-refractivity contribution in [2.45, 2.75) is 6.54 Å². The fourth-order valence-corrected chi connectivity index (χ4v) is 3.06. The average Bonchev–Trinajstić information content (AvgIpc) is 2.90. The Balaban J connectivity index is 1.86. The number of carbonyl (C=O) groups is 2. The number of nitrogens with one attached hydrogen (secondary N) is 1. The Hall–Kier alpha value is -2.01. The van der Waals surface area contributed by atoms with E-state index < -0.39 is 0 Å². The van der Waals surface area contributed by atoms with Crippen LogP contribution in [0.4, 0.5) is 5.69 Å². The lowest BCUT2D eigenvalue weighted by molar-refractivity contribution is -0.116. The largest absolute Gasteiger partial charge is 0.337 e. The number of anilines is 1. The van der Waals surface area contributed by atoms with Crippen LogP contribution in [0.25, 0.3) is 10.9 Å². The summed E-state index contributed by atoms with van der Waals surface area (Å²) < 4.78 is 1.71. The van der Waals surface area contributed by atoms with Gasteiger partial charge in [-0.05, 0) is 18.2 Å². The minimum atomic E-state index is -0.298. The second kappa shape index (κ2) is 6.85. The van der Waals surface area contributed by atoms with Gasteiger partial charge >= 0.3 is 0 Å². The first-order valence-electron chi connectivity index (χ1n) is 6.97. The van der Waals surface area contributed by atoms with E-state index in [-0.39, 0.29) is 12.5 Å². The van der Waals surface area contributed by atoms with E-state index in [1.165, 1.54) is 12.1 Å². The highest BCUT2D eigenvalue weighted by molar-refractivity contribution is 6.44. The van der Waals surface area contributed by atoms with Crippen molar-refractivity contribution < 1.29 is 9.59 Å². The summed E-state index contributed by atoms with van der Waals surface area (Å²) in [5.74, 6) is -0.298. The molecule has 3 rings (SSSR count). The zero-order chi connectivity index (χ0) is 17.3. The molecule has 1 amide bonds. The molecule has 1 N–H and O–H groups in total. The maximum atomic E-state index is 12.3. The molecule has 0 aliphatic rings. The second-order valence-corrected chi connectivity index (χ2v) is 6.36. The minimum absolute atomic E-state index is 0.0327. The van der Waals surface area contributed by atoms with Gasteiger partial charge in [-0.25, -0.2) is 0 Å². The van der Waals surface area contributed by atoms with Crippen LogP contribution in [-0.4, -0.2) is 16.8 Å². The molecule has 2 aromatic carbocycles. The minimum Gasteiger partial charge on any atom is -0.337 e. The molecule has 4 nitrogen and oxygen atoms in total. The molecule has 0 saturated heterocycles. The fraction of sp³-hybridized carbons (Fsp3) is 0.0588. The van der Waals surface area contributed by atoms with Crippen LogP contribution in [0, 0.1) is 0 Å². The van der Waals surface area contributed by atoms with Crippen LogP contribution in [0.5, 0.6) is 0 Å². The molecule has 24 heavy (non-hydrogen) atoms. The van der Waals surface area contributed by atoms with Gasteiger partial charge in [0.2, 0.25) is 5.91 Å². The molecule has 0 aliphatic heterocycles. The molecule has 0 atom stereocenters. The van der Waals surface area contributed by atoms with Gasteiger partial charge in [0.15, 0.2) is 6.29 Å². The number of halogens is 3. The number of aromatic nitrogens is 1. The third kappa shape index (κ3) is 3.26. The number of para-hydroxylation sites is 1. The maximum absolute atomic E-state index is 12.3. The van der Waals surface area contributed by atoms with Crippen molar-refractivity contribution in [3.8, 4) is 0 Å². The Kier molecular flexibility index (Phi) is 4.81. The quantitative estimate of drug-likeness (QED) is 0.508. The molecule has 0 radical (unpaired) electrons. The SMILES string of the molecule is O=Cc1cn(CC(=O)Nc2cc(Cl)c(Cl)cc2Cl)c2ccccc12. The van der Waals surface area contributed by atoms with Gasteiger partial charge in [-0.2, -0.15) is 0 Å². The van der Waals surface area contributed by atoms with Gasteiger partial charge in [-0.3, -0.25) is 9.59 Å². The van der Waals surface area contributed by atoms with Crippen LogP contribution in [0.3, 0.4) is 0 Å². The van der Waals surface area contributed by atoms with E-state index in [0.717, 1.165) is 17.2 Å². The Morgan fingerprint density at radius 3 is 2.54 bits per heavy atom. The molecule has 0 bridgehead atoms. The number of rotatable bonds is 4.